The van der Waals surface area contributed by atoms with Crippen molar-refractivity contribution in [1.29, 1.82) is 0 Å². The highest BCUT2D eigenvalue weighted by Crippen LogP contribution is 2.15. The zero-order valence-electron chi connectivity index (χ0n) is 10.6. The molecule has 0 heterocycles. The molecule has 2 nitrogen and oxygen atoms in total. The minimum absolute atomic E-state index is 0.0859. The second-order valence-electron chi connectivity index (χ2n) is 4.98. The molecule has 0 spiro atoms. The molecule has 1 rings (SSSR count). The van der Waals surface area contributed by atoms with E-state index in [-0.39, 0.29) is 5.54 Å². The number of nitrogens with two attached hydrogens (primary N) is 1. The fourth-order valence-corrected chi connectivity index (χ4v) is 1.44. The summed E-state index contributed by atoms with van der Waals surface area (Å²) in [5.41, 5.74) is 7.19. The van der Waals surface area contributed by atoms with E-state index in [0.717, 1.165) is 31.6 Å². The van der Waals surface area contributed by atoms with Gasteiger partial charge in [-0.15, -0.1) is 0 Å². The third-order valence-electron chi connectivity index (χ3n) is 2.45. The lowest BCUT2D eigenvalue weighted by Crippen LogP contribution is -2.32. The largest absolute Gasteiger partial charge is 0.494 e. The fourth-order valence-electron chi connectivity index (χ4n) is 1.44. The van der Waals surface area contributed by atoms with Gasteiger partial charge in [0.1, 0.15) is 5.75 Å². The summed E-state index contributed by atoms with van der Waals surface area (Å²) in [7, 11) is 0. The van der Waals surface area contributed by atoms with Gasteiger partial charge in [0.05, 0.1) is 6.61 Å². The van der Waals surface area contributed by atoms with E-state index in [1.54, 1.807) is 0 Å². The minimum atomic E-state index is -0.0859. The van der Waals surface area contributed by atoms with Crippen LogP contribution in [0.3, 0.4) is 0 Å². The van der Waals surface area contributed by atoms with Gasteiger partial charge in [-0.25, -0.2) is 0 Å². The van der Waals surface area contributed by atoms with Crippen molar-refractivity contribution in [3.05, 3.63) is 29.8 Å². The van der Waals surface area contributed by atoms with Crippen molar-refractivity contribution in [3.8, 4) is 5.75 Å². The van der Waals surface area contributed by atoms with Crippen molar-refractivity contribution in [2.24, 2.45) is 5.73 Å². The van der Waals surface area contributed by atoms with Crippen molar-refractivity contribution in [2.75, 3.05) is 6.61 Å². The summed E-state index contributed by atoms with van der Waals surface area (Å²) in [5.74, 6) is 0.956. The number of benzene rings is 1. The molecular formula is C14H23NO. The van der Waals surface area contributed by atoms with Crippen LogP contribution in [0.4, 0.5) is 0 Å². The molecule has 0 saturated carbocycles. The molecule has 0 fully saturated rings. The van der Waals surface area contributed by atoms with Crippen molar-refractivity contribution in [1.82, 2.24) is 0 Å². The monoisotopic (exact) mass is 221 g/mol. The molecule has 0 saturated heterocycles. The number of ether oxygens (including phenoxy) is 1. The molecule has 0 unspecified atom stereocenters. The highest BCUT2D eigenvalue weighted by atomic mass is 16.5. The predicted molar refractivity (Wildman–Crippen MR) is 68.8 cm³/mol. The van der Waals surface area contributed by atoms with Gasteiger partial charge in [-0.1, -0.05) is 19.1 Å². The van der Waals surface area contributed by atoms with Crippen LogP contribution >= 0.6 is 0 Å². The first kappa shape index (κ1) is 13.0. The van der Waals surface area contributed by atoms with E-state index in [2.05, 4.69) is 32.9 Å². The number of rotatable bonds is 6. The van der Waals surface area contributed by atoms with Crippen LogP contribution in [0.2, 0.25) is 0 Å². The van der Waals surface area contributed by atoms with Crippen LogP contribution in [0.25, 0.3) is 0 Å². The highest BCUT2D eigenvalue weighted by molar-refractivity contribution is 5.27. The van der Waals surface area contributed by atoms with Gasteiger partial charge >= 0.3 is 0 Å². The normalized spacial score (nSPS) is 11.5. The molecule has 1 aromatic rings. The number of hydrogen-bond acceptors (Lipinski definition) is 2. The Kier molecular flexibility index (Phi) is 4.81. The summed E-state index contributed by atoms with van der Waals surface area (Å²) in [5, 5.41) is 0. The topological polar surface area (TPSA) is 35.2 Å². The smallest absolute Gasteiger partial charge is 0.119 e. The maximum atomic E-state index is 5.95. The van der Waals surface area contributed by atoms with Gasteiger partial charge in [-0.05, 0) is 50.8 Å². The van der Waals surface area contributed by atoms with Crippen molar-refractivity contribution in [3.63, 3.8) is 0 Å². The van der Waals surface area contributed by atoms with E-state index in [4.69, 9.17) is 10.5 Å². The minimum Gasteiger partial charge on any atom is -0.494 e. The maximum absolute atomic E-state index is 5.95. The molecule has 0 aromatic heterocycles. The summed E-state index contributed by atoms with van der Waals surface area (Å²) in [6, 6.07) is 8.32. The van der Waals surface area contributed by atoms with E-state index >= 15 is 0 Å². The molecule has 0 aliphatic heterocycles. The first-order valence-electron chi connectivity index (χ1n) is 6.02. The molecular weight excluding hydrogens is 198 g/mol. The SMILES string of the molecule is CCCOc1ccc(CCC(C)(C)N)cc1. The molecule has 2 heteroatoms. The van der Waals surface area contributed by atoms with E-state index < -0.39 is 0 Å². The second kappa shape index (κ2) is 5.90. The van der Waals surface area contributed by atoms with Crippen molar-refractivity contribution < 1.29 is 4.74 Å². The molecule has 16 heavy (non-hydrogen) atoms. The van der Waals surface area contributed by atoms with Crippen molar-refractivity contribution >= 4 is 0 Å². The van der Waals surface area contributed by atoms with Gasteiger partial charge in [-0.2, -0.15) is 0 Å². The van der Waals surface area contributed by atoms with Crippen LogP contribution < -0.4 is 10.5 Å². The van der Waals surface area contributed by atoms with Gasteiger partial charge in [0.2, 0.25) is 0 Å². The van der Waals surface area contributed by atoms with E-state index in [9.17, 15) is 0 Å². The van der Waals surface area contributed by atoms with E-state index in [0.29, 0.717) is 0 Å². The van der Waals surface area contributed by atoms with E-state index in [1.165, 1.54) is 5.56 Å². The zero-order valence-corrected chi connectivity index (χ0v) is 10.6. The number of hydrogen-bond donors (Lipinski definition) is 1. The fraction of sp³-hybridized carbons (Fsp3) is 0.571. The average molecular weight is 221 g/mol. The standard InChI is InChI=1S/C14H23NO/c1-4-11-16-13-7-5-12(6-8-13)9-10-14(2,3)15/h5-8H,4,9-11,15H2,1-3H3. The van der Waals surface area contributed by atoms with Gasteiger partial charge in [0.15, 0.2) is 0 Å². The first-order chi connectivity index (χ1) is 7.51. The van der Waals surface area contributed by atoms with Gasteiger partial charge in [-0.3, -0.25) is 0 Å². The number of aryl methyl sites for hydroxylation is 1. The summed E-state index contributed by atoms with van der Waals surface area (Å²) in [6.45, 7) is 7.02. The molecule has 0 atom stereocenters. The van der Waals surface area contributed by atoms with Crippen LogP contribution in [0, 0.1) is 0 Å². The average Bonchev–Trinajstić information content (AvgIpc) is 2.24. The lowest BCUT2D eigenvalue weighted by Gasteiger charge is -2.18. The van der Waals surface area contributed by atoms with Crippen LogP contribution in [0.1, 0.15) is 39.2 Å². The Bertz CT molecular complexity index is 298. The van der Waals surface area contributed by atoms with Gasteiger partial charge in [0, 0.05) is 5.54 Å². The molecule has 90 valence electrons. The summed E-state index contributed by atoms with van der Waals surface area (Å²) >= 11 is 0. The molecule has 2 N–H and O–H groups in total. The zero-order chi connectivity index (χ0) is 12.0. The lowest BCUT2D eigenvalue weighted by molar-refractivity contribution is 0.317. The second-order valence-corrected chi connectivity index (χ2v) is 4.98. The van der Waals surface area contributed by atoms with Crippen LogP contribution in [0.5, 0.6) is 5.75 Å². The molecule has 0 amide bonds. The summed E-state index contributed by atoms with van der Waals surface area (Å²) < 4.78 is 5.53. The van der Waals surface area contributed by atoms with Crippen molar-refractivity contribution in [2.45, 2.75) is 45.6 Å². The van der Waals surface area contributed by atoms with Gasteiger partial charge < -0.3 is 10.5 Å². The first-order valence-corrected chi connectivity index (χ1v) is 6.02. The Labute approximate surface area is 98.8 Å². The summed E-state index contributed by atoms with van der Waals surface area (Å²) in [6.07, 6.45) is 3.07. The quantitative estimate of drug-likeness (QED) is 0.801. The Morgan fingerprint density at radius 2 is 1.81 bits per heavy atom. The summed E-state index contributed by atoms with van der Waals surface area (Å²) in [4.78, 5) is 0. The molecule has 0 aliphatic carbocycles. The van der Waals surface area contributed by atoms with Crippen LogP contribution in [-0.2, 0) is 6.42 Å². The van der Waals surface area contributed by atoms with Gasteiger partial charge in [0.25, 0.3) is 0 Å². The Morgan fingerprint density at radius 3 is 2.31 bits per heavy atom. The maximum Gasteiger partial charge on any atom is 0.119 e. The Balaban J connectivity index is 2.45. The third-order valence-corrected chi connectivity index (χ3v) is 2.45. The predicted octanol–water partition coefficient (Wildman–Crippen LogP) is 3.15. The highest BCUT2D eigenvalue weighted by Gasteiger charge is 2.10. The molecule has 1 aromatic carbocycles. The Hall–Kier alpha value is -1.02. The third kappa shape index (κ3) is 5.17. The Morgan fingerprint density at radius 1 is 1.19 bits per heavy atom. The lowest BCUT2D eigenvalue weighted by atomic mass is 9.97. The van der Waals surface area contributed by atoms with Crippen LogP contribution in [-0.4, -0.2) is 12.1 Å². The molecule has 0 radical (unpaired) electrons. The van der Waals surface area contributed by atoms with Crippen LogP contribution in [0.15, 0.2) is 24.3 Å². The molecule has 0 aliphatic rings. The molecule has 0 bridgehead atoms. The van der Waals surface area contributed by atoms with E-state index in [1.807, 2.05) is 12.1 Å².